The zero-order chi connectivity index (χ0) is 16.8. The van der Waals surface area contributed by atoms with Gasteiger partial charge in [0.1, 0.15) is 5.82 Å². The number of Topliss-reactive ketones (excluding diaryl/α,β-unsaturated/α-hetero) is 1. The molecule has 0 saturated carbocycles. The van der Waals surface area contributed by atoms with Gasteiger partial charge in [0.05, 0.1) is 5.56 Å². The fourth-order valence-electron chi connectivity index (χ4n) is 3.29. The minimum atomic E-state index is 0.0723. The van der Waals surface area contributed by atoms with Crippen LogP contribution in [0.3, 0.4) is 0 Å². The molecule has 1 unspecified atom stereocenters. The summed E-state index contributed by atoms with van der Waals surface area (Å²) in [6.45, 7) is 8.02. The van der Waals surface area contributed by atoms with E-state index in [9.17, 15) is 4.79 Å². The second-order valence-corrected chi connectivity index (χ2v) is 7.32. The van der Waals surface area contributed by atoms with Gasteiger partial charge in [-0.05, 0) is 54.6 Å². The molecule has 1 aromatic heterocycles. The number of ketones is 1. The quantitative estimate of drug-likeness (QED) is 0.719. The molecule has 5 heteroatoms. The monoisotopic (exact) mass is 381 g/mol. The molecular weight excluding hydrogens is 354 g/mol. The number of carbonyl (C=O) groups is 1. The van der Waals surface area contributed by atoms with Crippen LogP contribution in [0, 0.1) is 0 Å². The standard InChI is InChI=1S/C18H28BrN3O/c1-4-6-15(5-2)21-16-7-9-22(10-8-16)18-17(13(3)23)11-14(19)12-20-18/h11-12,15-16,21H,4-10H2,1-3H3. The maximum atomic E-state index is 11.9. The molecule has 1 fully saturated rings. The summed E-state index contributed by atoms with van der Waals surface area (Å²) >= 11 is 3.40. The maximum Gasteiger partial charge on any atom is 0.163 e. The molecule has 2 rings (SSSR count). The van der Waals surface area contributed by atoms with Gasteiger partial charge in [0.2, 0.25) is 0 Å². The zero-order valence-electron chi connectivity index (χ0n) is 14.4. The number of nitrogens with one attached hydrogen (secondary N) is 1. The van der Waals surface area contributed by atoms with Crippen LogP contribution in [0.2, 0.25) is 0 Å². The van der Waals surface area contributed by atoms with E-state index in [4.69, 9.17) is 0 Å². The van der Waals surface area contributed by atoms with Crippen molar-refractivity contribution < 1.29 is 4.79 Å². The maximum absolute atomic E-state index is 11.9. The van der Waals surface area contributed by atoms with Crippen LogP contribution >= 0.6 is 15.9 Å². The summed E-state index contributed by atoms with van der Waals surface area (Å²) in [5.74, 6) is 0.905. The first-order chi connectivity index (χ1) is 11.0. The van der Waals surface area contributed by atoms with E-state index in [1.807, 2.05) is 6.07 Å². The molecule has 1 N–H and O–H groups in total. The molecule has 0 aliphatic carbocycles. The Morgan fingerprint density at radius 2 is 2.13 bits per heavy atom. The Labute approximate surface area is 148 Å². The summed E-state index contributed by atoms with van der Waals surface area (Å²) in [5.41, 5.74) is 0.711. The van der Waals surface area contributed by atoms with Crippen LogP contribution in [0.15, 0.2) is 16.7 Å². The van der Waals surface area contributed by atoms with E-state index in [1.54, 1.807) is 13.1 Å². The van der Waals surface area contributed by atoms with E-state index in [2.05, 4.69) is 45.0 Å². The number of piperidine rings is 1. The number of anilines is 1. The van der Waals surface area contributed by atoms with Crippen molar-refractivity contribution in [3.05, 3.63) is 22.3 Å². The van der Waals surface area contributed by atoms with Crippen molar-refractivity contribution in [3.63, 3.8) is 0 Å². The third-order valence-corrected chi connectivity index (χ3v) is 5.04. The van der Waals surface area contributed by atoms with E-state index in [1.165, 1.54) is 19.3 Å². The lowest BCUT2D eigenvalue weighted by molar-refractivity contribution is 0.101. The number of pyridine rings is 1. The van der Waals surface area contributed by atoms with E-state index in [0.717, 1.165) is 36.2 Å². The summed E-state index contributed by atoms with van der Waals surface area (Å²) in [6, 6.07) is 3.10. The number of halogens is 1. The highest BCUT2D eigenvalue weighted by atomic mass is 79.9. The summed E-state index contributed by atoms with van der Waals surface area (Å²) in [6.07, 6.45) is 7.66. The molecule has 1 saturated heterocycles. The number of rotatable bonds is 7. The van der Waals surface area contributed by atoms with Gasteiger partial charge in [0, 0.05) is 35.8 Å². The van der Waals surface area contributed by atoms with Gasteiger partial charge >= 0.3 is 0 Å². The van der Waals surface area contributed by atoms with Crippen molar-refractivity contribution in [2.24, 2.45) is 0 Å². The van der Waals surface area contributed by atoms with Gasteiger partial charge in [-0.1, -0.05) is 20.3 Å². The largest absolute Gasteiger partial charge is 0.356 e. The van der Waals surface area contributed by atoms with Gasteiger partial charge in [-0.2, -0.15) is 0 Å². The van der Waals surface area contributed by atoms with Gasteiger partial charge in [0.15, 0.2) is 5.78 Å². The second kappa shape index (κ2) is 8.78. The Morgan fingerprint density at radius 3 is 2.70 bits per heavy atom. The lowest BCUT2D eigenvalue weighted by atomic mass is 10.0. The first-order valence-corrected chi connectivity index (χ1v) is 9.51. The molecule has 1 aliphatic rings. The van der Waals surface area contributed by atoms with E-state index < -0.39 is 0 Å². The minimum Gasteiger partial charge on any atom is -0.356 e. The Morgan fingerprint density at radius 1 is 1.43 bits per heavy atom. The fraction of sp³-hybridized carbons (Fsp3) is 0.667. The highest BCUT2D eigenvalue weighted by Crippen LogP contribution is 2.25. The topological polar surface area (TPSA) is 45.2 Å². The summed E-state index contributed by atoms with van der Waals surface area (Å²) in [7, 11) is 0. The molecule has 128 valence electrons. The molecule has 1 atom stereocenters. The van der Waals surface area contributed by atoms with Gasteiger partial charge in [-0.25, -0.2) is 4.98 Å². The summed E-state index contributed by atoms with van der Waals surface area (Å²) in [5, 5.41) is 3.80. The molecule has 1 aromatic rings. The normalized spacial score (nSPS) is 17.3. The van der Waals surface area contributed by atoms with Crippen molar-refractivity contribution in [1.82, 2.24) is 10.3 Å². The molecule has 0 radical (unpaired) electrons. The number of aromatic nitrogens is 1. The molecule has 2 heterocycles. The number of hydrogen-bond donors (Lipinski definition) is 1. The van der Waals surface area contributed by atoms with Crippen LogP contribution in [0.25, 0.3) is 0 Å². The lowest BCUT2D eigenvalue weighted by Crippen LogP contribution is -2.46. The van der Waals surface area contributed by atoms with Gasteiger partial charge in [-0.3, -0.25) is 4.79 Å². The predicted molar refractivity (Wildman–Crippen MR) is 99.3 cm³/mol. The van der Waals surface area contributed by atoms with Crippen LogP contribution in [-0.2, 0) is 0 Å². The van der Waals surface area contributed by atoms with E-state index in [-0.39, 0.29) is 5.78 Å². The molecule has 0 bridgehead atoms. The van der Waals surface area contributed by atoms with Gasteiger partial charge in [-0.15, -0.1) is 0 Å². The van der Waals surface area contributed by atoms with Crippen LogP contribution in [0.5, 0.6) is 0 Å². The van der Waals surface area contributed by atoms with Gasteiger partial charge in [0.25, 0.3) is 0 Å². The average Bonchev–Trinajstić information content (AvgIpc) is 2.55. The fourth-order valence-corrected chi connectivity index (χ4v) is 3.62. The third kappa shape index (κ3) is 5.01. The molecule has 1 aliphatic heterocycles. The van der Waals surface area contributed by atoms with E-state index >= 15 is 0 Å². The minimum absolute atomic E-state index is 0.0723. The Balaban J connectivity index is 1.98. The Kier molecular flexibility index (Phi) is 7.03. The van der Waals surface area contributed by atoms with E-state index in [0.29, 0.717) is 17.6 Å². The first-order valence-electron chi connectivity index (χ1n) is 8.72. The molecule has 0 aromatic carbocycles. The van der Waals surface area contributed by atoms with Crippen LogP contribution in [0.1, 0.15) is 63.2 Å². The zero-order valence-corrected chi connectivity index (χ0v) is 16.0. The van der Waals surface area contributed by atoms with Crippen molar-refractivity contribution in [3.8, 4) is 0 Å². The van der Waals surface area contributed by atoms with Crippen molar-refractivity contribution >= 4 is 27.5 Å². The Hall–Kier alpha value is -0.940. The smallest absolute Gasteiger partial charge is 0.163 e. The predicted octanol–water partition coefficient (Wildman–Crippen LogP) is 4.18. The molecular formula is C18H28BrN3O. The van der Waals surface area contributed by atoms with Crippen LogP contribution < -0.4 is 10.2 Å². The van der Waals surface area contributed by atoms with Crippen molar-refractivity contribution in [2.45, 2.75) is 65.0 Å². The molecule has 23 heavy (non-hydrogen) atoms. The second-order valence-electron chi connectivity index (χ2n) is 6.40. The summed E-state index contributed by atoms with van der Waals surface area (Å²) < 4.78 is 0.855. The lowest BCUT2D eigenvalue weighted by Gasteiger charge is -2.35. The van der Waals surface area contributed by atoms with Crippen molar-refractivity contribution in [2.75, 3.05) is 18.0 Å². The number of carbonyl (C=O) groups excluding carboxylic acids is 1. The summed E-state index contributed by atoms with van der Waals surface area (Å²) in [4.78, 5) is 18.6. The average molecular weight is 382 g/mol. The highest BCUT2D eigenvalue weighted by molar-refractivity contribution is 9.10. The van der Waals surface area contributed by atoms with Crippen LogP contribution in [0.4, 0.5) is 5.82 Å². The SMILES string of the molecule is CCCC(CC)NC1CCN(c2ncc(Br)cc2C(C)=O)CC1. The number of nitrogens with zero attached hydrogens (tertiary/aromatic N) is 2. The molecule has 0 spiro atoms. The van der Waals surface area contributed by atoms with Gasteiger partial charge < -0.3 is 10.2 Å². The third-order valence-electron chi connectivity index (χ3n) is 4.61. The highest BCUT2D eigenvalue weighted by Gasteiger charge is 2.24. The molecule has 0 amide bonds. The van der Waals surface area contributed by atoms with Crippen LogP contribution in [-0.4, -0.2) is 35.9 Å². The first kappa shape index (κ1) is 18.4. The molecule has 4 nitrogen and oxygen atoms in total. The number of hydrogen-bond acceptors (Lipinski definition) is 4. The van der Waals surface area contributed by atoms with Crippen molar-refractivity contribution in [1.29, 1.82) is 0 Å². The Bertz CT molecular complexity index is 527.